The van der Waals surface area contributed by atoms with E-state index in [4.69, 9.17) is 14.2 Å². The third-order valence-electron chi connectivity index (χ3n) is 3.02. The van der Waals surface area contributed by atoms with Gasteiger partial charge in [-0.25, -0.2) is 4.79 Å². The second-order valence-corrected chi connectivity index (χ2v) is 4.68. The van der Waals surface area contributed by atoms with Gasteiger partial charge in [-0.15, -0.1) is 0 Å². The van der Waals surface area contributed by atoms with Crippen molar-refractivity contribution in [1.29, 1.82) is 0 Å². The third kappa shape index (κ3) is 5.09. The number of carbonyl (C=O) groups is 2. The van der Waals surface area contributed by atoms with Gasteiger partial charge in [-0.1, -0.05) is 30.2 Å². The van der Waals surface area contributed by atoms with Crippen LogP contribution in [-0.2, 0) is 9.47 Å². The minimum absolute atomic E-state index is 0.0719. The SMILES string of the molecule is COCOc1ccccc1C#CC(=O)c1ccccc1OC(=O)OC. The quantitative estimate of drug-likeness (QED) is 0.274. The lowest BCUT2D eigenvalue weighted by molar-refractivity contribution is 0.0509. The summed E-state index contributed by atoms with van der Waals surface area (Å²) in [6.07, 6.45) is -0.911. The van der Waals surface area contributed by atoms with Crippen LogP contribution in [0, 0.1) is 11.8 Å². The van der Waals surface area contributed by atoms with E-state index in [0.29, 0.717) is 11.3 Å². The van der Waals surface area contributed by atoms with E-state index in [1.807, 2.05) is 0 Å². The molecule has 0 atom stereocenters. The molecule has 0 bridgehead atoms. The van der Waals surface area contributed by atoms with Crippen molar-refractivity contribution >= 4 is 11.9 Å². The van der Waals surface area contributed by atoms with E-state index >= 15 is 0 Å². The van der Waals surface area contributed by atoms with E-state index < -0.39 is 11.9 Å². The Hall–Kier alpha value is -3.30. The molecule has 2 rings (SSSR count). The van der Waals surface area contributed by atoms with Crippen LogP contribution >= 0.6 is 0 Å². The van der Waals surface area contributed by atoms with Crippen molar-refractivity contribution in [3.63, 3.8) is 0 Å². The van der Waals surface area contributed by atoms with Crippen molar-refractivity contribution in [3.05, 3.63) is 59.7 Å². The summed E-state index contributed by atoms with van der Waals surface area (Å²) in [7, 11) is 2.69. The lowest BCUT2D eigenvalue weighted by atomic mass is 10.1. The molecule has 0 unspecified atom stereocenters. The van der Waals surface area contributed by atoms with E-state index in [0.717, 1.165) is 0 Å². The van der Waals surface area contributed by atoms with Crippen molar-refractivity contribution in [2.24, 2.45) is 0 Å². The molecule has 0 saturated heterocycles. The molecule has 0 N–H and O–H groups in total. The standard InChI is InChI=1S/C19H16O6/c1-22-13-24-17-9-5-3-7-14(17)11-12-16(20)15-8-4-6-10-18(15)25-19(21)23-2/h3-10H,13H2,1-2H3. The van der Waals surface area contributed by atoms with Gasteiger partial charge in [-0.3, -0.25) is 4.79 Å². The molecule has 128 valence electrons. The number of carbonyl (C=O) groups excluding carboxylic acids is 2. The Kier molecular flexibility index (Phi) is 6.57. The second kappa shape index (κ2) is 9.11. The largest absolute Gasteiger partial charge is 0.513 e. The van der Waals surface area contributed by atoms with Gasteiger partial charge in [0.05, 0.1) is 18.2 Å². The van der Waals surface area contributed by atoms with Gasteiger partial charge in [0.1, 0.15) is 11.5 Å². The number of hydrogen-bond donors (Lipinski definition) is 0. The normalized spacial score (nSPS) is 9.52. The van der Waals surface area contributed by atoms with Crippen molar-refractivity contribution in [2.75, 3.05) is 21.0 Å². The van der Waals surface area contributed by atoms with Crippen LogP contribution < -0.4 is 9.47 Å². The van der Waals surface area contributed by atoms with Crippen LogP contribution in [-0.4, -0.2) is 33.0 Å². The molecule has 0 radical (unpaired) electrons. The van der Waals surface area contributed by atoms with Gasteiger partial charge in [0.25, 0.3) is 0 Å². The molecule has 0 saturated carbocycles. The number of rotatable bonds is 5. The maximum absolute atomic E-state index is 12.4. The molecular formula is C19H16O6. The molecule has 0 amide bonds. The Labute approximate surface area is 145 Å². The fourth-order valence-electron chi connectivity index (χ4n) is 1.88. The third-order valence-corrected chi connectivity index (χ3v) is 3.02. The Morgan fingerprint density at radius 2 is 1.64 bits per heavy atom. The molecule has 0 aliphatic heterocycles. The number of ketones is 1. The summed E-state index contributed by atoms with van der Waals surface area (Å²) in [5.74, 6) is 5.37. The van der Waals surface area contributed by atoms with Gasteiger partial charge < -0.3 is 18.9 Å². The zero-order valence-corrected chi connectivity index (χ0v) is 13.8. The minimum Gasteiger partial charge on any atom is -0.466 e. The molecule has 2 aromatic carbocycles. The average molecular weight is 340 g/mol. The van der Waals surface area contributed by atoms with Gasteiger partial charge in [-0.2, -0.15) is 0 Å². The van der Waals surface area contributed by atoms with Crippen LogP contribution in [0.5, 0.6) is 11.5 Å². The van der Waals surface area contributed by atoms with Crippen LogP contribution in [0.15, 0.2) is 48.5 Å². The second-order valence-electron chi connectivity index (χ2n) is 4.68. The summed E-state index contributed by atoms with van der Waals surface area (Å²) < 4.78 is 19.6. The first kappa shape index (κ1) is 18.0. The first-order chi connectivity index (χ1) is 12.2. The zero-order valence-electron chi connectivity index (χ0n) is 13.8. The summed E-state index contributed by atoms with van der Waals surface area (Å²) >= 11 is 0. The van der Waals surface area contributed by atoms with E-state index in [-0.39, 0.29) is 18.1 Å². The molecule has 25 heavy (non-hydrogen) atoms. The van der Waals surface area contributed by atoms with E-state index in [1.165, 1.54) is 26.4 Å². The zero-order chi connectivity index (χ0) is 18.1. The van der Waals surface area contributed by atoms with E-state index in [1.54, 1.807) is 36.4 Å². The molecule has 0 aromatic heterocycles. The maximum atomic E-state index is 12.4. The summed E-state index contributed by atoms with van der Waals surface area (Å²) in [6, 6.07) is 13.3. The molecule has 0 heterocycles. The summed E-state index contributed by atoms with van der Waals surface area (Å²) in [6.45, 7) is 0.0719. The van der Waals surface area contributed by atoms with E-state index in [9.17, 15) is 9.59 Å². The van der Waals surface area contributed by atoms with Crippen LogP contribution in [0.25, 0.3) is 0 Å². The van der Waals surface area contributed by atoms with Crippen LogP contribution in [0.2, 0.25) is 0 Å². The van der Waals surface area contributed by atoms with Crippen LogP contribution in [0.4, 0.5) is 4.79 Å². The van der Waals surface area contributed by atoms with Crippen LogP contribution in [0.3, 0.4) is 0 Å². The van der Waals surface area contributed by atoms with E-state index in [2.05, 4.69) is 16.6 Å². The molecule has 0 spiro atoms. The first-order valence-electron chi connectivity index (χ1n) is 7.27. The molecule has 2 aromatic rings. The van der Waals surface area contributed by atoms with Crippen molar-refractivity contribution in [2.45, 2.75) is 0 Å². The molecule has 0 aliphatic carbocycles. The predicted octanol–water partition coefficient (Wildman–Crippen LogP) is 3.05. The van der Waals surface area contributed by atoms with Gasteiger partial charge in [-0.05, 0) is 30.2 Å². The lowest BCUT2D eigenvalue weighted by Crippen LogP contribution is -2.10. The topological polar surface area (TPSA) is 71.1 Å². The maximum Gasteiger partial charge on any atom is 0.513 e. The summed E-state index contributed by atoms with van der Waals surface area (Å²) in [5.41, 5.74) is 0.704. The number of Topliss-reactive ketones (excluding diaryl/α,β-unsaturated/α-hetero) is 1. The Morgan fingerprint density at radius 3 is 2.36 bits per heavy atom. The van der Waals surface area contributed by atoms with Crippen molar-refractivity contribution in [1.82, 2.24) is 0 Å². The Balaban J connectivity index is 2.25. The molecular weight excluding hydrogens is 324 g/mol. The number of hydrogen-bond acceptors (Lipinski definition) is 6. The Morgan fingerprint density at radius 1 is 0.960 bits per heavy atom. The number of methoxy groups -OCH3 is 2. The van der Waals surface area contributed by atoms with Gasteiger partial charge >= 0.3 is 6.16 Å². The smallest absolute Gasteiger partial charge is 0.466 e. The summed E-state index contributed by atoms with van der Waals surface area (Å²) in [5, 5.41) is 0. The minimum atomic E-state index is -0.911. The molecule has 0 fully saturated rings. The summed E-state index contributed by atoms with van der Waals surface area (Å²) in [4.78, 5) is 23.6. The lowest BCUT2D eigenvalue weighted by Gasteiger charge is -2.06. The van der Waals surface area contributed by atoms with Gasteiger partial charge in [0.15, 0.2) is 6.79 Å². The van der Waals surface area contributed by atoms with Crippen LogP contribution in [0.1, 0.15) is 15.9 Å². The monoisotopic (exact) mass is 340 g/mol. The number of benzene rings is 2. The van der Waals surface area contributed by atoms with Crippen molar-refractivity contribution in [3.8, 4) is 23.3 Å². The highest BCUT2D eigenvalue weighted by molar-refractivity contribution is 6.11. The number of ether oxygens (including phenoxy) is 4. The fraction of sp³-hybridized carbons (Fsp3) is 0.158. The highest BCUT2D eigenvalue weighted by Gasteiger charge is 2.13. The van der Waals surface area contributed by atoms with Gasteiger partial charge in [0.2, 0.25) is 5.78 Å². The average Bonchev–Trinajstić information content (AvgIpc) is 2.65. The number of para-hydroxylation sites is 2. The molecule has 6 nitrogen and oxygen atoms in total. The van der Waals surface area contributed by atoms with Crippen molar-refractivity contribution < 1.29 is 28.5 Å². The first-order valence-corrected chi connectivity index (χ1v) is 7.27. The predicted molar refractivity (Wildman–Crippen MR) is 89.6 cm³/mol. The fourth-order valence-corrected chi connectivity index (χ4v) is 1.88. The highest BCUT2D eigenvalue weighted by atomic mass is 16.7. The highest BCUT2D eigenvalue weighted by Crippen LogP contribution is 2.20. The molecule has 6 heteroatoms. The van der Waals surface area contributed by atoms with Gasteiger partial charge in [0, 0.05) is 7.11 Å². The molecule has 0 aliphatic rings. The Bertz CT molecular complexity index is 816.